The number of hydrogen-bond acceptors (Lipinski definition) is 8. The van der Waals surface area contributed by atoms with Crippen molar-refractivity contribution in [2.24, 2.45) is 0 Å². The molecule has 0 bridgehead atoms. The van der Waals surface area contributed by atoms with E-state index in [9.17, 15) is 32.3 Å². The second kappa shape index (κ2) is 17.0. The number of nitrogen functional groups attached to an aromatic ring is 1. The maximum atomic E-state index is 14.2. The van der Waals surface area contributed by atoms with E-state index >= 15 is 0 Å². The quantitative estimate of drug-likeness (QED) is 0.321. The molecule has 0 aliphatic carbocycles. The van der Waals surface area contributed by atoms with Crippen molar-refractivity contribution >= 4 is 47.1 Å². The maximum absolute atomic E-state index is 14.2. The molecule has 0 spiro atoms. The first-order chi connectivity index (χ1) is 26.6. The lowest BCUT2D eigenvalue weighted by Gasteiger charge is -2.51. The molecule has 2 aromatic carbocycles. The highest BCUT2D eigenvalue weighted by Crippen LogP contribution is 2.39. The van der Waals surface area contributed by atoms with E-state index in [1.54, 1.807) is 21.6 Å². The number of fused-ring (bicyclic) bond motifs is 1. The number of hydrogen-bond donors (Lipinski definition) is 2. The Kier molecular flexibility index (Phi) is 12.5. The Bertz CT molecular complexity index is 1790. The lowest BCUT2D eigenvalue weighted by atomic mass is 9.83. The number of piperazine rings is 1. The van der Waals surface area contributed by atoms with Gasteiger partial charge in [-0.3, -0.25) is 9.69 Å². The minimum atomic E-state index is -4.80. The van der Waals surface area contributed by atoms with Crippen molar-refractivity contribution < 1.29 is 41.8 Å². The molecule has 0 aromatic heterocycles. The van der Waals surface area contributed by atoms with Gasteiger partial charge in [0.05, 0.1) is 22.9 Å². The average molecular weight is 806 g/mol. The molecule has 5 amide bonds. The van der Waals surface area contributed by atoms with Gasteiger partial charge in [-0.05, 0) is 82.2 Å². The second-order valence-corrected chi connectivity index (χ2v) is 15.8. The molecule has 56 heavy (non-hydrogen) atoms. The molecule has 306 valence electrons. The number of nitrogens with one attached hydrogen (secondary N) is 1. The monoisotopic (exact) mass is 805 g/mol. The zero-order chi connectivity index (χ0) is 40.4. The summed E-state index contributed by atoms with van der Waals surface area (Å²) in [5, 5.41) is 2.66. The Morgan fingerprint density at radius 3 is 2.36 bits per heavy atom. The maximum Gasteiger partial charge on any atom is 0.418 e. The largest absolute Gasteiger partial charge is 0.450 e. The number of carbonyl (C=O) groups is 4. The highest BCUT2D eigenvalue weighted by Gasteiger charge is 2.43. The average Bonchev–Trinajstić information content (AvgIpc) is 3.33. The van der Waals surface area contributed by atoms with Crippen LogP contribution in [0, 0.1) is 0 Å². The van der Waals surface area contributed by atoms with E-state index in [4.69, 9.17) is 26.8 Å². The summed E-state index contributed by atoms with van der Waals surface area (Å²) in [6, 6.07) is 9.39. The van der Waals surface area contributed by atoms with Crippen molar-refractivity contribution in [3.8, 4) is 0 Å². The number of para-hydroxylation sites is 1. The number of amides is 5. The summed E-state index contributed by atoms with van der Waals surface area (Å²) in [7, 11) is 0. The van der Waals surface area contributed by atoms with Crippen molar-refractivity contribution in [1.82, 2.24) is 24.5 Å². The molecule has 0 radical (unpaired) electrons. The number of rotatable bonds is 7. The SMILES string of the molecule is CCOC(=O)N1CCC(C)(N2CCN(C(=O)[C@@H](Cc3cc(Cl)c(N)c(C(F)(F)F)c3)OC(=O)N3CCC(N4CCc5ccccc5NC4=O)CC3)CC2)CC1C. The van der Waals surface area contributed by atoms with E-state index in [1.807, 2.05) is 31.2 Å². The number of urea groups is 1. The van der Waals surface area contributed by atoms with Crippen LogP contribution in [0.25, 0.3) is 0 Å². The molecule has 2 unspecified atom stereocenters. The Labute approximate surface area is 330 Å². The normalized spacial score (nSPS) is 23.2. The van der Waals surface area contributed by atoms with Gasteiger partial charge in [0, 0.05) is 82.1 Å². The van der Waals surface area contributed by atoms with Gasteiger partial charge in [-0.1, -0.05) is 29.8 Å². The van der Waals surface area contributed by atoms with Gasteiger partial charge in [0.2, 0.25) is 0 Å². The van der Waals surface area contributed by atoms with Crippen molar-refractivity contribution in [3.63, 3.8) is 0 Å². The van der Waals surface area contributed by atoms with E-state index in [1.165, 1.54) is 11.0 Å². The third kappa shape index (κ3) is 9.06. The molecule has 2 aromatic rings. The van der Waals surface area contributed by atoms with E-state index in [0.717, 1.165) is 23.7 Å². The topological polar surface area (TPSA) is 141 Å². The highest BCUT2D eigenvalue weighted by molar-refractivity contribution is 6.33. The molecule has 0 saturated carbocycles. The van der Waals surface area contributed by atoms with Crippen LogP contribution in [0.2, 0.25) is 5.02 Å². The number of anilines is 2. The fourth-order valence-electron chi connectivity index (χ4n) is 8.58. The molecule has 13 nitrogen and oxygen atoms in total. The van der Waals surface area contributed by atoms with Gasteiger partial charge in [-0.25, -0.2) is 14.4 Å². The van der Waals surface area contributed by atoms with Crippen LogP contribution in [0.15, 0.2) is 36.4 Å². The molecule has 3 atom stereocenters. The summed E-state index contributed by atoms with van der Waals surface area (Å²) in [6.45, 7) is 9.45. The molecule has 3 fully saturated rings. The molecular weight excluding hydrogens is 755 g/mol. The van der Waals surface area contributed by atoms with Crippen LogP contribution < -0.4 is 11.1 Å². The van der Waals surface area contributed by atoms with E-state index in [-0.39, 0.29) is 59.8 Å². The van der Waals surface area contributed by atoms with Crippen LogP contribution in [0.3, 0.4) is 0 Å². The highest BCUT2D eigenvalue weighted by atomic mass is 35.5. The van der Waals surface area contributed by atoms with Crippen molar-refractivity contribution in [2.45, 2.75) is 89.2 Å². The number of likely N-dealkylation sites (tertiary alicyclic amines) is 2. The number of benzene rings is 2. The van der Waals surface area contributed by atoms with Gasteiger partial charge in [0.15, 0.2) is 6.10 Å². The molecule has 17 heteroatoms. The number of nitrogens with zero attached hydrogens (tertiary/aromatic N) is 5. The third-order valence-corrected chi connectivity index (χ3v) is 12.1. The Morgan fingerprint density at radius 2 is 1.70 bits per heavy atom. The summed E-state index contributed by atoms with van der Waals surface area (Å²) in [4.78, 5) is 62.4. The predicted octanol–water partition coefficient (Wildman–Crippen LogP) is 6.09. The summed E-state index contributed by atoms with van der Waals surface area (Å²) >= 11 is 6.14. The molecule has 4 aliphatic heterocycles. The number of carbonyl (C=O) groups excluding carboxylic acids is 4. The van der Waals surface area contributed by atoms with E-state index in [2.05, 4.69) is 17.1 Å². The van der Waals surface area contributed by atoms with E-state index < -0.39 is 35.5 Å². The van der Waals surface area contributed by atoms with Gasteiger partial charge in [0.1, 0.15) is 0 Å². The number of nitrogens with two attached hydrogens (primary N) is 1. The van der Waals surface area contributed by atoms with Gasteiger partial charge in [-0.15, -0.1) is 0 Å². The standard InChI is InChI=1S/C39H51ClF3N7O6/c1-4-55-37(54)49-16-12-38(3,24-25(49)2)48-19-17-46(18-20-48)34(51)32(23-26-21-29(39(41,42)43)33(44)30(40)22-26)56-36(53)47-13-10-28(11-14-47)50-15-9-27-7-5-6-8-31(27)45-35(50)52/h5-8,21-22,25,28,32H,4,9-20,23-24,44H2,1-3H3,(H,45,52)/t25?,32-,38?/m1/s1. The first kappa shape index (κ1) is 41.2. The zero-order valence-electron chi connectivity index (χ0n) is 32.1. The van der Waals surface area contributed by atoms with Crippen LogP contribution in [-0.2, 0) is 33.3 Å². The Balaban J connectivity index is 1.12. The number of ether oxygens (including phenoxy) is 2. The lowest BCUT2D eigenvalue weighted by Crippen LogP contribution is -2.62. The molecule has 4 aliphatic rings. The van der Waals surface area contributed by atoms with Crippen molar-refractivity contribution in [3.05, 3.63) is 58.1 Å². The summed E-state index contributed by atoms with van der Waals surface area (Å²) < 4.78 is 52.8. The van der Waals surface area contributed by atoms with Crippen LogP contribution in [0.5, 0.6) is 0 Å². The van der Waals surface area contributed by atoms with Gasteiger partial charge in [-0.2, -0.15) is 13.2 Å². The Hall–Kier alpha value is -4.44. The summed E-state index contributed by atoms with van der Waals surface area (Å²) in [5.41, 5.74) is 5.56. The van der Waals surface area contributed by atoms with Crippen LogP contribution in [0.4, 0.5) is 38.9 Å². The van der Waals surface area contributed by atoms with Crippen LogP contribution >= 0.6 is 11.6 Å². The molecule has 3 saturated heterocycles. The first-order valence-corrected chi connectivity index (χ1v) is 19.7. The first-order valence-electron chi connectivity index (χ1n) is 19.3. The van der Waals surface area contributed by atoms with E-state index in [0.29, 0.717) is 71.6 Å². The minimum absolute atomic E-state index is 0.0445. The lowest BCUT2D eigenvalue weighted by molar-refractivity contribution is -0.144. The van der Waals surface area contributed by atoms with Crippen LogP contribution in [-0.4, -0.2) is 131 Å². The molecule has 3 N–H and O–H groups in total. The third-order valence-electron chi connectivity index (χ3n) is 11.8. The van der Waals surface area contributed by atoms with Gasteiger partial charge < -0.3 is 40.1 Å². The molecular formula is C39H51ClF3N7O6. The fourth-order valence-corrected chi connectivity index (χ4v) is 8.82. The Morgan fingerprint density at radius 1 is 1.00 bits per heavy atom. The predicted molar refractivity (Wildman–Crippen MR) is 204 cm³/mol. The van der Waals surface area contributed by atoms with Crippen molar-refractivity contribution in [2.75, 3.05) is 70.0 Å². The second-order valence-electron chi connectivity index (χ2n) is 15.4. The smallest absolute Gasteiger partial charge is 0.418 e. The van der Waals surface area contributed by atoms with Gasteiger partial charge >= 0.3 is 24.4 Å². The molecule has 6 rings (SSSR count). The zero-order valence-corrected chi connectivity index (χ0v) is 32.8. The number of halogens is 4. The minimum Gasteiger partial charge on any atom is -0.450 e. The fraction of sp³-hybridized carbons (Fsp3) is 0.590. The molecule has 4 heterocycles. The summed E-state index contributed by atoms with van der Waals surface area (Å²) in [5.74, 6) is -0.522. The number of piperidine rings is 2. The van der Waals surface area contributed by atoms with Crippen LogP contribution in [0.1, 0.15) is 63.1 Å². The van der Waals surface area contributed by atoms with Crippen molar-refractivity contribution in [1.29, 1.82) is 0 Å². The van der Waals surface area contributed by atoms with Gasteiger partial charge in [0.25, 0.3) is 5.91 Å². The number of alkyl halides is 3. The summed E-state index contributed by atoms with van der Waals surface area (Å²) in [6.07, 6.45) is -4.59.